The third-order valence-corrected chi connectivity index (χ3v) is 6.22. The second kappa shape index (κ2) is 7.76. The Morgan fingerprint density at radius 1 is 1.22 bits per heavy atom. The number of aliphatic hydroxyl groups excluding tert-OH is 1. The topological polar surface area (TPSA) is 76.6 Å². The molecule has 1 aliphatic rings. The number of likely N-dealkylation sites (tertiary alicyclic amines) is 1. The number of fused-ring (bicyclic) bond motifs is 1. The number of nitrogens with zero attached hydrogens (tertiary/aromatic N) is 1. The van der Waals surface area contributed by atoms with Crippen molar-refractivity contribution in [3.05, 3.63) is 59.8 Å². The maximum atomic E-state index is 11.7. The predicted octanol–water partition coefficient (Wildman–Crippen LogP) is 3.97. The zero-order chi connectivity index (χ0) is 18.8. The molecule has 0 radical (unpaired) electrons. The fourth-order valence-corrected chi connectivity index (χ4v) is 4.77. The van der Waals surface area contributed by atoms with Crippen molar-refractivity contribution in [3.8, 4) is 0 Å². The Bertz CT molecular complexity index is 955. The molecule has 0 saturated carbocycles. The van der Waals surface area contributed by atoms with E-state index in [0.717, 1.165) is 52.2 Å². The maximum absolute atomic E-state index is 11.7. The highest BCUT2D eigenvalue weighted by atomic mass is 32.2. The minimum Gasteiger partial charge on any atom is -0.477 e. The Labute approximate surface area is 162 Å². The van der Waals surface area contributed by atoms with Gasteiger partial charge in [0.05, 0.1) is 11.5 Å². The summed E-state index contributed by atoms with van der Waals surface area (Å²) in [5.74, 6) is -0.953. The lowest BCUT2D eigenvalue weighted by Crippen LogP contribution is -2.31. The monoisotopic (exact) mass is 382 g/mol. The molecule has 1 aliphatic heterocycles. The van der Waals surface area contributed by atoms with Crippen molar-refractivity contribution in [1.29, 1.82) is 0 Å². The lowest BCUT2D eigenvalue weighted by molar-refractivity contribution is 0.0687. The van der Waals surface area contributed by atoms with Gasteiger partial charge in [-0.15, -0.1) is 0 Å². The van der Waals surface area contributed by atoms with Crippen LogP contribution in [0.5, 0.6) is 0 Å². The van der Waals surface area contributed by atoms with Gasteiger partial charge < -0.3 is 15.2 Å². The van der Waals surface area contributed by atoms with Gasteiger partial charge in [0, 0.05) is 28.4 Å². The first-order chi connectivity index (χ1) is 13.2. The molecular formula is C21H22N2O3S. The SMILES string of the molecule is O=C(O)c1[nH]c2ccc(CN3CCCC3CO)cc2c1Sc1ccccc1. The number of H-pyrrole nitrogens is 1. The quantitative estimate of drug-likeness (QED) is 0.601. The Kier molecular flexibility index (Phi) is 5.20. The molecule has 6 heteroatoms. The Morgan fingerprint density at radius 2 is 2.04 bits per heavy atom. The van der Waals surface area contributed by atoms with Crippen molar-refractivity contribution in [2.45, 2.75) is 35.2 Å². The van der Waals surface area contributed by atoms with Gasteiger partial charge in [-0.1, -0.05) is 36.0 Å². The summed E-state index contributed by atoms with van der Waals surface area (Å²) in [6.45, 7) is 1.94. The lowest BCUT2D eigenvalue weighted by Gasteiger charge is -2.22. The number of aromatic carboxylic acids is 1. The molecule has 1 fully saturated rings. The van der Waals surface area contributed by atoms with Crippen molar-refractivity contribution in [3.63, 3.8) is 0 Å². The maximum Gasteiger partial charge on any atom is 0.353 e. The molecular weight excluding hydrogens is 360 g/mol. The Hall–Kier alpha value is -2.28. The largest absolute Gasteiger partial charge is 0.477 e. The van der Waals surface area contributed by atoms with Gasteiger partial charge >= 0.3 is 5.97 Å². The predicted molar refractivity (Wildman–Crippen MR) is 106 cm³/mol. The van der Waals surface area contributed by atoms with Gasteiger partial charge in [-0.25, -0.2) is 4.79 Å². The highest BCUT2D eigenvalue weighted by molar-refractivity contribution is 7.99. The number of nitrogens with one attached hydrogen (secondary N) is 1. The lowest BCUT2D eigenvalue weighted by atomic mass is 10.1. The van der Waals surface area contributed by atoms with Crippen LogP contribution >= 0.6 is 11.8 Å². The number of carboxylic acid groups (broad SMARTS) is 1. The van der Waals surface area contributed by atoms with E-state index in [9.17, 15) is 15.0 Å². The summed E-state index contributed by atoms with van der Waals surface area (Å²) in [4.78, 5) is 18.8. The van der Waals surface area contributed by atoms with Gasteiger partial charge in [0.15, 0.2) is 0 Å². The van der Waals surface area contributed by atoms with Crippen LogP contribution in [0.2, 0.25) is 0 Å². The molecule has 0 spiro atoms. The Balaban J connectivity index is 1.71. The average molecular weight is 382 g/mol. The molecule has 4 rings (SSSR count). The van der Waals surface area contributed by atoms with Crippen LogP contribution in [-0.2, 0) is 6.54 Å². The first kappa shape index (κ1) is 18.1. The van der Waals surface area contributed by atoms with Gasteiger partial charge in [0.1, 0.15) is 5.69 Å². The van der Waals surface area contributed by atoms with E-state index in [2.05, 4.69) is 16.0 Å². The number of hydrogen-bond acceptors (Lipinski definition) is 4. The number of carboxylic acids is 1. The molecule has 0 bridgehead atoms. The smallest absolute Gasteiger partial charge is 0.353 e. The normalized spacial score (nSPS) is 17.6. The second-order valence-corrected chi connectivity index (χ2v) is 7.96. The molecule has 1 unspecified atom stereocenters. The van der Waals surface area contributed by atoms with Crippen molar-refractivity contribution in [2.75, 3.05) is 13.2 Å². The fraction of sp³-hybridized carbons (Fsp3) is 0.286. The van der Waals surface area contributed by atoms with Crippen LogP contribution < -0.4 is 0 Å². The molecule has 2 aromatic carbocycles. The molecule has 0 aliphatic carbocycles. The van der Waals surface area contributed by atoms with Crippen molar-refractivity contribution < 1.29 is 15.0 Å². The molecule has 5 nitrogen and oxygen atoms in total. The molecule has 1 aromatic heterocycles. The summed E-state index contributed by atoms with van der Waals surface area (Å²) >= 11 is 1.47. The molecule has 1 atom stereocenters. The summed E-state index contributed by atoms with van der Waals surface area (Å²) in [6.07, 6.45) is 2.14. The van der Waals surface area contributed by atoms with Gasteiger partial charge in [-0.3, -0.25) is 4.90 Å². The van der Waals surface area contributed by atoms with Gasteiger partial charge in [0.2, 0.25) is 0 Å². The molecule has 0 amide bonds. The van der Waals surface area contributed by atoms with Crippen LogP contribution in [0.3, 0.4) is 0 Å². The first-order valence-electron chi connectivity index (χ1n) is 9.11. The van der Waals surface area contributed by atoms with Gasteiger partial charge in [-0.05, 0) is 49.2 Å². The van der Waals surface area contributed by atoms with Crippen LogP contribution in [0, 0.1) is 0 Å². The first-order valence-corrected chi connectivity index (χ1v) is 9.93. The summed E-state index contributed by atoms with van der Waals surface area (Å²) in [5, 5.41) is 20.1. The standard InChI is InChI=1S/C21H22N2O3S/c24-13-15-5-4-10-23(15)12-14-8-9-18-17(11-14)20(19(22-18)21(25)26)27-16-6-2-1-3-7-16/h1-3,6-9,11,15,22,24H,4-5,10,12-13H2,(H,25,26). The molecule has 140 valence electrons. The zero-order valence-electron chi connectivity index (χ0n) is 14.9. The van der Waals surface area contributed by atoms with E-state index in [1.165, 1.54) is 11.8 Å². The Morgan fingerprint density at radius 3 is 2.78 bits per heavy atom. The zero-order valence-corrected chi connectivity index (χ0v) is 15.7. The highest BCUT2D eigenvalue weighted by Gasteiger charge is 2.24. The molecule has 27 heavy (non-hydrogen) atoms. The van der Waals surface area contributed by atoms with Gasteiger partial charge in [-0.2, -0.15) is 0 Å². The number of carbonyl (C=O) groups is 1. The van der Waals surface area contributed by atoms with E-state index in [4.69, 9.17) is 0 Å². The second-order valence-electron chi connectivity index (χ2n) is 6.88. The summed E-state index contributed by atoms with van der Waals surface area (Å²) in [5.41, 5.74) is 2.19. The van der Waals surface area contributed by atoms with Crippen LogP contribution in [0.4, 0.5) is 0 Å². The van der Waals surface area contributed by atoms with E-state index in [1.54, 1.807) is 0 Å². The fourth-order valence-electron chi connectivity index (χ4n) is 3.72. The van der Waals surface area contributed by atoms with E-state index in [0.29, 0.717) is 0 Å². The number of hydrogen-bond donors (Lipinski definition) is 3. The summed E-state index contributed by atoms with van der Waals surface area (Å²) < 4.78 is 0. The number of rotatable bonds is 6. The number of aromatic nitrogens is 1. The third kappa shape index (κ3) is 3.74. The number of benzene rings is 2. The van der Waals surface area contributed by atoms with Crippen molar-refractivity contribution in [2.24, 2.45) is 0 Å². The molecule has 3 N–H and O–H groups in total. The molecule has 1 saturated heterocycles. The van der Waals surface area contributed by atoms with Crippen LogP contribution in [-0.4, -0.2) is 45.3 Å². The van der Waals surface area contributed by atoms with Crippen LogP contribution in [0.25, 0.3) is 10.9 Å². The van der Waals surface area contributed by atoms with Crippen molar-refractivity contribution >= 4 is 28.6 Å². The average Bonchev–Trinajstić information content (AvgIpc) is 3.27. The minimum atomic E-state index is -0.953. The minimum absolute atomic E-state index is 0.185. The van der Waals surface area contributed by atoms with E-state index in [1.807, 2.05) is 42.5 Å². The van der Waals surface area contributed by atoms with Crippen LogP contribution in [0.15, 0.2) is 58.3 Å². The van der Waals surface area contributed by atoms with E-state index < -0.39 is 5.97 Å². The van der Waals surface area contributed by atoms with E-state index in [-0.39, 0.29) is 18.3 Å². The van der Waals surface area contributed by atoms with E-state index >= 15 is 0 Å². The molecule has 2 heterocycles. The molecule has 3 aromatic rings. The number of aliphatic hydroxyl groups is 1. The van der Waals surface area contributed by atoms with Gasteiger partial charge in [0.25, 0.3) is 0 Å². The van der Waals surface area contributed by atoms with Crippen LogP contribution in [0.1, 0.15) is 28.9 Å². The third-order valence-electron chi connectivity index (χ3n) is 5.09. The number of aromatic amines is 1. The van der Waals surface area contributed by atoms with Crippen molar-refractivity contribution in [1.82, 2.24) is 9.88 Å². The summed E-state index contributed by atoms with van der Waals surface area (Å²) in [7, 11) is 0. The highest BCUT2D eigenvalue weighted by Crippen LogP contribution is 2.37. The summed E-state index contributed by atoms with van der Waals surface area (Å²) in [6, 6.07) is 16.1.